The lowest BCUT2D eigenvalue weighted by atomic mass is 10.0. The molecule has 8 heteroatoms. The zero-order valence-corrected chi connectivity index (χ0v) is 20.4. The van der Waals surface area contributed by atoms with E-state index in [2.05, 4.69) is 16.0 Å². The van der Waals surface area contributed by atoms with Crippen LogP contribution in [0.4, 0.5) is 9.59 Å². The van der Waals surface area contributed by atoms with E-state index in [9.17, 15) is 14.4 Å². The highest BCUT2D eigenvalue weighted by Crippen LogP contribution is 2.16. The van der Waals surface area contributed by atoms with E-state index in [1.54, 1.807) is 20.8 Å². The molecule has 1 unspecified atom stereocenters. The Morgan fingerprint density at radius 2 is 1.38 bits per heavy atom. The SMILES string of the molecule is CCCCC(NC(=O)OCc1ccccc1)(NC(=O)OC(C)(C)C)C(=O)NCc1ccccc1. The second-order valence-electron chi connectivity index (χ2n) is 8.99. The molecule has 0 radical (unpaired) electrons. The van der Waals surface area contributed by atoms with E-state index in [4.69, 9.17) is 9.47 Å². The van der Waals surface area contributed by atoms with Crippen LogP contribution >= 0.6 is 0 Å². The van der Waals surface area contributed by atoms with Gasteiger partial charge in [-0.2, -0.15) is 0 Å². The highest BCUT2D eigenvalue weighted by Gasteiger charge is 2.42. The van der Waals surface area contributed by atoms with Crippen molar-refractivity contribution >= 4 is 18.1 Å². The minimum absolute atomic E-state index is 0.0224. The Hall–Kier alpha value is -3.55. The van der Waals surface area contributed by atoms with Crippen molar-refractivity contribution in [3.8, 4) is 0 Å². The Bertz CT molecular complexity index is 928. The van der Waals surface area contributed by atoms with Gasteiger partial charge >= 0.3 is 12.2 Å². The van der Waals surface area contributed by atoms with Gasteiger partial charge in [-0.25, -0.2) is 9.59 Å². The van der Waals surface area contributed by atoms with Gasteiger partial charge in [0.2, 0.25) is 0 Å². The van der Waals surface area contributed by atoms with Gasteiger partial charge in [0.1, 0.15) is 12.2 Å². The Morgan fingerprint density at radius 3 is 1.94 bits per heavy atom. The molecule has 34 heavy (non-hydrogen) atoms. The van der Waals surface area contributed by atoms with E-state index in [1.807, 2.05) is 67.6 Å². The van der Waals surface area contributed by atoms with Gasteiger partial charge in [0, 0.05) is 6.54 Å². The molecule has 0 spiro atoms. The van der Waals surface area contributed by atoms with Crippen molar-refractivity contribution in [3.63, 3.8) is 0 Å². The van der Waals surface area contributed by atoms with Crippen molar-refractivity contribution in [2.24, 2.45) is 0 Å². The standard InChI is InChI=1S/C26H35N3O5/c1-5-6-17-26(29-24(32)34-25(2,3)4,22(30)27-18-20-13-9-7-10-14-20)28-23(31)33-19-21-15-11-8-12-16-21/h7-16H,5-6,17-19H2,1-4H3,(H,27,30)(H,28,31)(H,29,32). The van der Waals surface area contributed by atoms with Crippen LogP contribution in [0, 0.1) is 0 Å². The van der Waals surface area contributed by atoms with Gasteiger partial charge in [0.15, 0.2) is 5.66 Å². The molecule has 0 saturated carbocycles. The number of amides is 3. The van der Waals surface area contributed by atoms with E-state index in [1.165, 1.54) is 0 Å². The second-order valence-corrected chi connectivity index (χ2v) is 8.99. The molecule has 184 valence electrons. The zero-order chi connectivity index (χ0) is 25.0. The number of alkyl carbamates (subject to hydrolysis) is 2. The molecule has 2 rings (SSSR count). The van der Waals surface area contributed by atoms with E-state index in [-0.39, 0.29) is 19.6 Å². The lowest BCUT2D eigenvalue weighted by Crippen LogP contribution is -2.68. The third kappa shape index (κ3) is 9.13. The molecule has 0 aliphatic carbocycles. The average molecular weight is 470 g/mol. The van der Waals surface area contributed by atoms with Crippen LogP contribution in [0.25, 0.3) is 0 Å². The number of rotatable bonds is 10. The van der Waals surface area contributed by atoms with Gasteiger partial charge in [0.25, 0.3) is 5.91 Å². The summed E-state index contributed by atoms with van der Waals surface area (Å²) in [4.78, 5) is 38.8. The highest BCUT2D eigenvalue weighted by molar-refractivity contribution is 5.92. The van der Waals surface area contributed by atoms with Crippen LogP contribution in [0.5, 0.6) is 0 Å². The predicted octanol–water partition coefficient (Wildman–Crippen LogP) is 4.64. The van der Waals surface area contributed by atoms with E-state index in [0.717, 1.165) is 17.5 Å². The van der Waals surface area contributed by atoms with Crippen molar-refractivity contribution in [2.75, 3.05) is 0 Å². The molecule has 0 aliphatic heterocycles. The Labute approximate surface area is 201 Å². The molecule has 3 amide bonds. The van der Waals surface area contributed by atoms with Gasteiger partial charge < -0.3 is 14.8 Å². The van der Waals surface area contributed by atoms with Crippen LogP contribution < -0.4 is 16.0 Å². The molecule has 0 aromatic heterocycles. The fourth-order valence-corrected chi connectivity index (χ4v) is 3.17. The molecular formula is C26H35N3O5. The maximum atomic E-state index is 13.4. The fourth-order valence-electron chi connectivity index (χ4n) is 3.17. The van der Waals surface area contributed by atoms with Crippen LogP contribution in [-0.4, -0.2) is 29.4 Å². The lowest BCUT2D eigenvalue weighted by Gasteiger charge is -2.34. The molecule has 0 fully saturated rings. The summed E-state index contributed by atoms with van der Waals surface area (Å²) in [5.41, 5.74) is -0.856. The van der Waals surface area contributed by atoms with E-state index >= 15 is 0 Å². The molecule has 1 atom stereocenters. The molecule has 2 aromatic carbocycles. The maximum absolute atomic E-state index is 13.4. The monoisotopic (exact) mass is 469 g/mol. The van der Waals surface area contributed by atoms with Crippen molar-refractivity contribution in [3.05, 3.63) is 71.8 Å². The molecule has 0 heterocycles. The first-order chi connectivity index (χ1) is 16.1. The molecular weight excluding hydrogens is 434 g/mol. The van der Waals surface area contributed by atoms with Crippen molar-refractivity contribution in [1.82, 2.24) is 16.0 Å². The topological polar surface area (TPSA) is 106 Å². The third-order valence-corrected chi connectivity index (χ3v) is 4.83. The van der Waals surface area contributed by atoms with Crippen molar-refractivity contribution in [2.45, 2.75) is 71.4 Å². The minimum Gasteiger partial charge on any atom is -0.445 e. The van der Waals surface area contributed by atoms with Crippen LogP contribution in [0.15, 0.2) is 60.7 Å². The minimum atomic E-state index is -1.75. The maximum Gasteiger partial charge on any atom is 0.409 e. The van der Waals surface area contributed by atoms with Crippen LogP contribution in [-0.2, 0) is 27.4 Å². The fraction of sp³-hybridized carbons (Fsp3) is 0.423. The summed E-state index contributed by atoms with van der Waals surface area (Å²) in [5, 5.41) is 8.02. The average Bonchev–Trinajstić information content (AvgIpc) is 2.79. The predicted molar refractivity (Wildman–Crippen MR) is 130 cm³/mol. The first-order valence-electron chi connectivity index (χ1n) is 11.5. The molecule has 3 N–H and O–H groups in total. The number of carbonyl (C=O) groups excluding carboxylic acids is 3. The second kappa shape index (κ2) is 12.6. The first kappa shape index (κ1) is 26.7. The number of hydrogen-bond donors (Lipinski definition) is 3. The van der Waals surface area contributed by atoms with Crippen molar-refractivity contribution in [1.29, 1.82) is 0 Å². The molecule has 0 bridgehead atoms. The molecule has 0 saturated heterocycles. The summed E-state index contributed by atoms with van der Waals surface area (Å²) in [6.45, 7) is 7.36. The van der Waals surface area contributed by atoms with E-state index < -0.39 is 29.4 Å². The summed E-state index contributed by atoms with van der Waals surface area (Å²) in [5.74, 6) is -0.563. The Kier molecular flexibility index (Phi) is 9.92. The number of benzene rings is 2. The summed E-state index contributed by atoms with van der Waals surface area (Å²) in [7, 11) is 0. The van der Waals surface area contributed by atoms with Crippen LogP contribution in [0.2, 0.25) is 0 Å². The highest BCUT2D eigenvalue weighted by atomic mass is 16.6. The van der Waals surface area contributed by atoms with Gasteiger partial charge in [0.05, 0.1) is 0 Å². The summed E-state index contributed by atoms with van der Waals surface area (Å²) in [6, 6.07) is 18.5. The van der Waals surface area contributed by atoms with Gasteiger partial charge in [-0.05, 0) is 44.7 Å². The number of carbonyl (C=O) groups is 3. The van der Waals surface area contributed by atoms with Gasteiger partial charge in [-0.1, -0.05) is 74.0 Å². The number of unbranched alkanes of at least 4 members (excludes halogenated alkanes) is 1. The van der Waals surface area contributed by atoms with Crippen LogP contribution in [0.1, 0.15) is 58.1 Å². The number of hydrogen-bond acceptors (Lipinski definition) is 5. The Balaban J connectivity index is 2.22. The third-order valence-electron chi connectivity index (χ3n) is 4.83. The summed E-state index contributed by atoms with van der Waals surface area (Å²) in [6.07, 6.45) is -0.186. The smallest absolute Gasteiger partial charge is 0.409 e. The molecule has 2 aromatic rings. The van der Waals surface area contributed by atoms with Crippen LogP contribution in [0.3, 0.4) is 0 Å². The normalized spacial score (nSPS) is 12.7. The molecule has 8 nitrogen and oxygen atoms in total. The lowest BCUT2D eigenvalue weighted by molar-refractivity contribution is -0.129. The van der Waals surface area contributed by atoms with Crippen molar-refractivity contribution < 1.29 is 23.9 Å². The largest absolute Gasteiger partial charge is 0.445 e. The van der Waals surface area contributed by atoms with Gasteiger partial charge in [-0.15, -0.1) is 0 Å². The summed E-state index contributed by atoms with van der Waals surface area (Å²) < 4.78 is 10.7. The number of ether oxygens (including phenoxy) is 2. The van der Waals surface area contributed by atoms with Gasteiger partial charge in [-0.3, -0.25) is 15.4 Å². The summed E-state index contributed by atoms with van der Waals surface area (Å²) >= 11 is 0. The quantitative estimate of drug-likeness (QED) is 0.440. The molecule has 0 aliphatic rings. The Morgan fingerprint density at radius 1 is 0.824 bits per heavy atom. The number of nitrogens with one attached hydrogen (secondary N) is 3. The van der Waals surface area contributed by atoms with E-state index in [0.29, 0.717) is 6.42 Å². The first-order valence-corrected chi connectivity index (χ1v) is 11.5. The zero-order valence-electron chi connectivity index (χ0n) is 20.4.